The number of carbonyl (C=O) groups excluding carboxylic acids is 1. The molecule has 2 aromatic carbocycles. The molecule has 37 heavy (non-hydrogen) atoms. The number of nitrogens with one attached hydrogen (secondary N) is 1. The van der Waals surface area contributed by atoms with E-state index in [4.69, 9.17) is 22.3 Å². The van der Waals surface area contributed by atoms with Crippen molar-refractivity contribution in [3.05, 3.63) is 92.3 Å². The number of halogens is 1. The molecule has 0 saturated carbocycles. The van der Waals surface area contributed by atoms with Crippen molar-refractivity contribution in [2.45, 2.75) is 46.1 Å². The number of thiophene rings is 1. The molecule has 0 bridgehead atoms. The van der Waals surface area contributed by atoms with Gasteiger partial charge in [-0.1, -0.05) is 35.9 Å². The fourth-order valence-electron chi connectivity index (χ4n) is 4.63. The van der Waals surface area contributed by atoms with Gasteiger partial charge in [0.15, 0.2) is 5.82 Å². The van der Waals surface area contributed by atoms with E-state index >= 15 is 0 Å². The standard InChI is InChI=1S/C28H29ClN6OS/c1-16-17(2)37-28-25(16)26(20-9-11-21(29)12-10-20)32-23(27-34-33-18(3)35(27)28)15-24(36)31-22-8-4-6-19(14-22)7-5-13-30/h4,6,8-12,14,23H,5,7,13,15,30H2,1-3H3,(H,31,36)/t23-/m0/s1. The molecule has 190 valence electrons. The van der Waals surface area contributed by atoms with Crippen LogP contribution in [0, 0.1) is 20.8 Å². The smallest absolute Gasteiger partial charge is 0.227 e. The minimum atomic E-state index is -0.508. The molecule has 3 N–H and O–H groups in total. The predicted molar refractivity (Wildman–Crippen MR) is 150 cm³/mol. The third kappa shape index (κ3) is 5.09. The Kier molecular flexibility index (Phi) is 7.24. The van der Waals surface area contributed by atoms with E-state index in [1.807, 2.05) is 55.5 Å². The summed E-state index contributed by atoms with van der Waals surface area (Å²) in [6.45, 7) is 6.79. The fraction of sp³-hybridized carbons (Fsp3) is 0.286. The first-order valence-corrected chi connectivity index (χ1v) is 13.5. The minimum absolute atomic E-state index is 0.134. The summed E-state index contributed by atoms with van der Waals surface area (Å²) in [4.78, 5) is 19.7. The number of aliphatic imine (C=N–C) groups is 1. The first kappa shape index (κ1) is 25.3. The van der Waals surface area contributed by atoms with Crippen LogP contribution in [0.3, 0.4) is 0 Å². The van der Waals surface area contributed by atoms with Crippen molar-refractivity contribution in [2.24, 2.45) is 10.7 Å². The maximum atomic E-state index is 13.3. The van der Waals surface area contributed by atoms with Crippen molar-refractivity contribution in [2.75, 3.05) is 11.9 Å². The van der Waals surface area contributed by atoms with Gasteiger partial charge in [0, 0.05) is 26.7 Å². The number of fused-ring (bicyclic) bond motifs is 3. The molecule has 3 heterocycles. The SMILES string of the molecule is Cc1sc2c(c1C)C(c1ccc(Cl)cc1)=N[C@@H](CC(=O)Nc1cccc(CCCN)c1)c1nnc(C)n1-2. The average Bonchev–Trinajstić information content (AvgIpc) is 3.35. The van der Waals surface area contributed by atoms with Gasteiger partial charge in [-0.25, -0.2) is 0 Å². The minimum Gasteiger partial charge on any atom is -0.330 e. The summed E-state index contributed by atoms with van der Waals surface area (Å²) < 4.78 is 2.05. The molecule has 5 rings (SSSR count). The maximum Gasteiger partial charge on any atom is 0.227 e. The van der Waals surface area contributed by atoms with Crippen LogP contribution in [-0.4, -0.2) is 32.9 Å². The third-order valence-electron chi connectivity index (χ3n) is 6.62. The topological polar surface area (TPSA) is 98.2 Å². The summed E-state index contributed by atoms with van der Waals surface area (Å²) >= 11 is 7.88. The molecule has 7 nitrogen and oxygen atoms in total. The van der Waals surface area contributed by atoms with Crippen LogP contribution in [0.1, 0.15) is 57.7 Å². The molecule has 0 aliphatic carbocycles. The van der Waals surface area contributed by atoms with Crippen molar-refractivity contribution in [3.8, 4) is 5.00 Å². The largest absolute Gasteiger partial charge is 0.330 e. The van der Waals surface area contributed by atoms with Gasteiger partial charge in [0.2, 0.25) is 5.91 Å². The van der Waals surface area contributed by atoms with Crippen molar-refractivity contribution >= 4 is 40.2 Å². The lowest BCUT2D eigenvalue weighted by Gasteiger charge is -2.13. The Morgan fingerprint density at radius 2 is 1.92 bits per heavy atom. The summed E-state index contributed by atoms with van der Waals surface area (Å²) in [5.74, 6) is 1.30. The number of aryl methyl sites for hydroxylation is 3. The van der Waals surface area contributed by atoms with E-state index in [-0.39, 0.29) is 12.3 Å². The van der Waals surface area contributed by atoms with E-state index in [1.165, 1.54) is 4.88 Å². The Morgan fingerprint density at radius 1 is 1.14 bits per heavy atom. The highest BCUT2D eigenvalue weighted by Gasteiger charge is 2.32. The van der Waals surface area contributed by atoms with Crippen LogP contribution < -0.4 is 11.1 Å². The Bertz CT molecular complexity index is 1490. The van der Waals surface area contributed by atoms with Crippen LogP contribution in [0.25, 0.3) is 5.00 Å². The van der Waals surface area contributed by atoms with Crippen LogP contribution in [0.4, 0.5) is 5.69 Å². The number of nitrogens with two attached hydrogens (primary N) is 1. The zero-order valence-electron chi connectivity index (χ0n) is 21.1. The van der Waals surface area contributed by atoms with Gasteiger partial charge in [-0.2, -0.15) is 0 Å². The predicted octanol–water partition coefficient (Wildman–Crippen LogP) is 5.72. The summed E-state index contributed by atoms with van der Waals surface area (Å²) in [7, 11) is 0. The normalized spacial score (nSPS) is 14.5. The average molecular weight is 533 g/mol. The summed E-state index contributed by atoms with van der Waals surface area (Å²) in [6, 6.07) is 15.1. The highest BCUT2D eigenvalue weighted by molar-refractivity contribution is 7.15. The highest BCUT2D eigenvalue weighted by Crippen LogP contribution is 2.39. The van der Waals surface area contributed by atoms with Gasteiger partial charge in [-0.15, -0.1) is 21.5 Å². The summed E-state index contributed by atoms with van der Waals surface area (Å²) in [5, 5.41) is 13.6. The van der Waals surface area contributed by atoms with Crippen LogP contribution in [0.2, 0.25) is 5.02 Å². The van der Waals surface area contributed by atoms with E-state index in [9.17, 15) is 4.79 Å². The van der Waals surface area contributed by atoms with Crippen LogP contribution >= 0.6 is 22.9 Å². The molecule has 0 unspecified atom stereocenters. The van der Waals surface area contributed by atoms with Gasteiger partial charge >= 0.3 is 0 Å². The van der Waals surface area contributed by atoms with E-state index in [0.29, 0.717) is 17.4 Å². The van der Waals surface area contributed by atoms with Gasteiger partial charge < -0.3 is 11.1 Å². The van der Waals surface area contributed by atoms with Gasteiger partial charge in [0.05, 0.1) is 12.1 Å². The third-order valence-corrected chi connectivity index (χ3v) is 8.06. The molecule has 1 atom stereocenters. The summed E-state index contributed by atoms with van der Waals surface area (Å²) in [6.07, 6.45) is 1.91. The second-order valence-corrected chi connectivity index (χ2v) is 10.9. The van der Waals surface area contributed by atoms with E-state index in [1.54, 1.807) is 11.3 Å². The quantitative estimate of drug-likeness (QED) is 0.318. The van der Waals surface area contributed by atoms with Crippen molar-refractivity contribution in [3.63, 3.8) is 0 Å². The van der Waals surface area contributed by atoms with Crippen LogP contribution in [-0.2, 0) is 11.2 Å². The molecule has 0 spiro atoms. The number of anilines is 1. The molecule has 0 radical (unpaired) electrons. The zero-order valence-corrected chi connectivity index (χ0v) is 22.7. The highest BCUT2D eigenvalue weighted by atomic mass is 35.5. The second-order valence-electron chi connectivity index (χ2n) is 9.25. The molecule has 2 aromatic heterocycles. The number of rotatable bonds is 7. The number of aromatic nitrogens is 3. The Morgan fingerprint density at radius 3 is 2.68 bits per heavy atom. The number of carbonyl (C=O) groups is 1. The van der Waals surface area contributed by atoms with Crippen molar-refractivity contribution < 1.29 is 4.79 Å². The van der Waals surface area contributed by atoms with E-state index in [0.717, 1.165) is 57.3 Å². The molecule has 4 aromatic rings. The number of amides is 1. The van der Waals surface area contributed by atoms with E-state index < -0.39 is 6.04 Å². The van der Waals surface area contributed by atoms with Crippen molar-refractivity contribution in [1.82, 2.24) is 14.8 Å². The number of nitrogens with zero attached hydrogens (tertiary/aromatic N) is 4. The van der Waals surface area contributed by atoms with Gasteiger partial charge in [-0.05, 0) is 75.5 Å². The monoisotopic (exact) mass is 532 g/mol. The zero-order chi connectivity index (χ0) is 26.1. The van der Waals surface area contributed by atoms with Gasteiger partial charge in [0.1, 0.15) is 16.9 Å². The molecule has 1 aliphatic heterocycles. The van der Waals surface area contributed by atoms with Gasteiger partial charge in [-0.3, -0.25) is 14.4 Å². The molecular formula is C28H29ClN6OS. The Hall–Kier alpha value is -3.33. The maximum absolute atomic E-state index is 13.3. The first-order valence-electron chi connectivity index (χ1n) is 12.3. The number of hydrogen-bond donors (Lipinski definition) is 2. The van der Waals surface area contributed by atoms with Crippen molar-refractivity contribution in [1.29, 1.82) is 0 Å². The number of benzene rings is 2. The fourth-order valence-corrected chi connectivity index (χ4v) is 5.97. The second kappa shape index (κ2) is 10.6. The first-order chi connectivity index (χ1) is 17.9. The molecule has 1 amide bonds. The van der Waals surface area contributed by atoms with E-state index in [2.05, 4.69) is 33.9 Å². The molecule has 0 fully saturated rings. The lowest BCUT2D eigenvalue weighted by Crippen LogP contribution is -2.17. The summed E-state index contributed by atoms with van der Waals surface area (Å²) in [5.41, 5.74) is 11.5. The Labute approximate surface area is 225 Å². The Balaban J connectivity index is 1.53. The molecule has 1 aliphatic rings. The molecule has 0 saturated heterocycles. The number of hydrogen-bond acceptors (Lipinski definition) is 6. The molecule has 9 heteroatoms. The lowest BCUT2D eigenvalue weighted by molar-refractivity contribution is -0.116. The van der Waals surface area contributed by atoms with Crippen LogP contribution in [0.5, 0.6) is 0 Å². The van der Waals surface area contributed by atoms with Gasteiger partial charge in [0.25, 0.3) is 0 Å². The lowest BCUT2D eigenvalue weighted by atomic mass is 9.99. The van der Waals surface area contributed by atoms with Crippen LogP contribution in [0.15, 0.2) is 53.5 Å². The molecular weight excluding hydrogens is 504 g/mol.